The van der Waals surface area contributed by atoms with Crippen LogP contribution in [0.1, 0.15) is 34.1 Å². The molecule has 144 valence electrons. The lowest BCUT2D eigenvalue weighted by Crippen LogP contribution is -2.25. The molecule has 2 aromatic carbocycles. The highest BCUT2D eigenvalue weighted by Crippen LogP contribution is 2.25. The number of carbonyl (C=O) groups excluding carboxylic acids is 2. The maximum absolute atomic E-state index is 12.5. The van der Waals surface area contributed by atoms with Crippen molar-refractivity contribution in [1.82, 2.24) is 5.32 Å². The van der Waals surface area contributed by atoms with E-state index in [2.05, 4.69) is 15.4 Å². The van der Waals surface area contributed by atoms with Crippen LogP contribution < -0.4 is 15.4 Å². The summed E-state index contributed by atoms with van der Waals surface area (Å²) in [7, 11) is -3.48. The van der Waals surface area contributed by atoms with Gasteiger partial charge >= 0.3 is 0 Å². The van der Waals surface area contributed by atoms with Gasteiger partial charge in [0.1, 0.15) is 0 Å². The van der Waals surface area contributed by atoms with E-state index in [9.17, 15) is 18.0 Å². The Morgan fingerprint density at radius 2 is 1.74 bits per heavy atom. The van der Waals surface area contributed by atoms with Gasteiger partial charge in [-0.05, 0) is 36.8 Å². The van der Waals surface area contributed by atoms with Crippen LogP contribution in [0.4, 0.5) is 11.4 Å². The van der Waals surface area contributed by atoms with Crippen LogP contribution in [0.15, 0.2) is 42.5 Å². The van der Waals surface area contributed by atoms with Gasteiger partial charge in [-0.15, -0.1) is 0 Å². The third-order valence-corrected chi connectivity index (χ3v) is 4.39. The summed E-state index contributed by atoms with van der Waals surface area (Å²) in [4.78, 5) is 24.7. The number of para-hydroxylation sites is 1. The summed E-state index contributed by atoms with van der Waals surface area (Å²) < 4.78 is 24.9. The molecule has 2 amide bonds. The van der Waals surface area contributed by atoms with Gasteiger partial charge in [-0.25, -0.2) is 8.42 Å². The van der Waals surface area contributed by atoms with Gasteiger partial charge in [0.25, 0.3) is 11.8 Å². The molecule has 0 aromatic heterocycles. The average Bonchev–Trinajstić information content (AvgIpc) is 2.60. The van der Waals surface area contributed by atoms with Crippen molar-refractivity contribution in [3.8, 4) is 0 Å². The SMILES string of the molecule is CCCNC(=O)c1ccccc1NC(=O)c1ccc(NS(C)(=O)=O)c(Cl)c1. The standard InChI is InChI=1S/C18H20ClN3O4S/c1-3-10-20-18(24)13-6-4-5-7-15(13)21-17(23)12-8-9-16(14(19)11-12)22-27(2,25)26/h4-9,11,22H,3,10H2,1-2H3,(H,20,24)(H,21,23). The molecular weight excluding hydrogens is 390 g/mol. The van der Waals surface area contributed by atoms with Crippen molar-refractivity contribution in [2.45, 2.75) is 13.3 Å². The smallest absolute Gasteiger partial charge is 0.255 e. The number of sulfonamides is 1. The molecule has 0 atom stereocenters. The van der Waals surface area contributed by atoms with Crippen LogP contribution in [0.25, 0.3) is 0 Å². The molecule has 0 bridgehead atoms. The van der Waals surface area contributed by atoms with E-state index in [-0.39, 0.29) is 22.2 Å². The van der Waals surface area contributed by atoms with Gasteiger partial charge in [0.2, 0.25) is 10.0 Å². The van der Waals surface area contributed by atoms with Gasteiger partial charge < -0.3 is 10.6 Å². The van der Waals surface area contributed by atoms with Crippen molar-refractivity contribution >= 4 is 44.8 Å². The largest absolute Gasteiger partial charge is 0.352 e. The van der Waals surface area contributed by atoms with Crippen LogP contribution >= 0.6 is 11.6 Å². The lowest BCUT2D eigenvalue weighted by molar-refractivity contribution is 0.0954. The first kappa shape index (κ1) is 20.7. The first-order chi connectivity index (χ1) is 12.7. The summed E-state index contributed by atoms with van der Waals surface area (Å²) >= 11 is 6.05. The van der Waals surface area contributed by atoms with Gasteiger partial charge in [-0.3, -0.25) is 14.3 Å². The fourth-order valence-electron chi connectivity index (χ4n) is 2.26. The topological polar surface area (TPSA) is 104 Å². The molecule has 0 unspecified atom stereocenters. The number of benzene rings is 2. The predicted molar refractivity (Wildman–Crippen MR) is 107 cm³/mol. The summed E-state index contributed by atoms with van der Waals surface area (Å²) in [5.41, 5.74) is 1.12. The summed E-state index contributed by atoms with van der Waals surface area (Å²) in [6.07, 6.45) is 1.80. The minimum Gasteiger partial charge on any atom is -0.352 e. The van der Waals surface area contributed by atoms with E-state index in [0.29, 0.717) is 17.8 Å². The molecule has 2 aromatic rings. The summed E-state index contributed by atoms with van der Waals surface area (Å²) in [5, 5.41) is 5.53. The molecule has 3 N–H and O–H groups in total. The lowest BCUT2D eigenvalue weighted by atomic mass is 10.1. The molecule has 9 heteroatoms. The molecule has 0 radical (unpaired) electrons. The second-order valence-electron chi connectivity index (χ2n) is 5.82. The van der Waals surface area contributed by atoms with E-state index in [0.717, 1.165) is 12.7 Å². The number of anilines is 2. The zero-order valence-corrected chi connectivity index (χ0v) is 16.4. The molecule has 0 aliphatic heterocycles. The number of carbonyl (C=O) groups is 2. The molecule has 0 spiro atoms. The van der Waals surface area contributed by atoms with E-state index in [1.165, 1.54) is 18.2 Å². The lowest BCUT2D eigenvalue weighted by Gasteiger charge is -2.12. The van der Waals surface area contributed by atoms with Crippen molar-refractivity contribution in [1.29, 1.82) is 0 Å². The molecular formula is C18H20ClN3O4S. The molecule has 0 saturated carbocycles. The highest BCUT2D eigenvalue weighted by Gasteiger charge is 2.15. The Balaban J connectivity index is 2.21. The Morgan fingerprint density at radius 1 is 1.04 bits per heavy atom. The summed E-state index contributed by atoms with van der Waals surface area (Å²) in [5.74, 6) is -0.753. The zero-order valence-electron chi connectivity index (χ0n) is 14.9. The normalized spacial score (nSPS) is 10.9. The number of amides is 2. The predicted octanol–water partition coefficient (Wildman–Crippen LogP) is 3.10. The Bertz CT molecular complexity index is 961. The third kappa shape index (κ3) is 5.97. The van der Waals surface area contributed by atoms with Gasteiger partial charge in [-0.2, -0.15) is 0 Å². The first-order valence-electron chi connectivity index (χ1n) is 8.17. The molecule has 0 aliphatic carbocycles. The fourth-order valence-corrected chi connectivity index (χ4v) is 3.12. The zero-order chi connectivity index (χ0) is 20.0. The van der Waals surface area contributed by atoms with E-state index in [4.69, 9.17) is 11.6 Å². The first-order valence-corrected chi connectivity index (χ1v) is 10.4. The van der Waals surface area contributed by atoms with Crippen LogP contribution in [-0.2, 0) is 10.0 Å². The molecule has 0 aliphatic rings. The van der Waals surface area contributed by atoms with Gasteiger partial charge in [0.15, 0.2) is 0 Å². The van der Waals surface area contributed by atoms with E-state index >= 15 is 0 Å². The van der Waals surface area contributed by atoms with Crippen molar-refractivity contribution in [2.24, 2.45) is 0 Å². The van der Waals surface area contributed by atoms with Crippen molar-refractivity contribution < 1.29 is 18.0 Å². The van der Waals surface area contributed by atoms with Crippen LogP contribution in [0, 0.1) is 0 Å². The number of halogens is 1. The van der Waals surface area contributed by atoms with Gasteiger partial charge in [0.05, 0.1) is 28.2 Å². The number of nitrogens with one attached hydrogen (secondary N) is 3. The second kappa shape index (κ2) is 8.88. The van der Waals surface area contributed by atoms with E-state index < -0.39 is 15.9 Å². The van der Waals surface area contributed by atoms with Crippen molar-refractivity contribution in [3.05, 3.63) is 58.6 Å². The maximum atomic E-state index is 12.5. The highest BCUT2D eigenvalue weighted by atomic mass is 35.5. The van der Waals surface area contributed by atoms with Crippen molar-refractivity contribution in [3.63, 3.8) is 0 Å². The van der Waals surface area contributed by atoms with E-state index in [1.807, 2.05) is 6.92 Å². The van der Waals surface area contributed by atoms with Gasteiger partial charge in [0, 0.05) is 12.1 Å². The summed E-state index contributed by atoms with van der Waals surface area (Å²) in [6, 6.07) is 10.8. The number of hydrogen-bond acceptors (Lipinski definition) is 4. The highest BCUT2D eigenvalue weighted by molar-refractivity contribution is 7.92. The average molecular weight is 410 g/mol. The van der Waals surface area contributed by atoms with Crippen LogP contribution in [0.2, 0.25) is 5.02 Å². The Hall–Kier alpha value is -2.58. The van der Waals surface area contributed by atoms with Gasteiger partial charge in [-0.1, -0.05) is 30.7 Å². The molecule has 0 heterocycles. The van der Waals surface area contributed by atoms with Crippen LogP contribution in [0.3, 0.4) is 0 Å². The monoisotopic (exact) mass is 409 g/mol. The van der Waals surface area contributed by atoms with Crippen LogP contribution in [-0.4, -0.2) is 33.0 Å². The minimum absolute atomic E-state index is 0.0852. The van der Waals surface area contributed by atoms with Crippen molar-refractivity contribution in [2.75, 3.05) is 22.8 Å². The second-order valence-corrected chi connectivity index (χ2v) is 7.98. The third-order valence-electron chi connectivity index (χ3n) is 3.48. The summed E-state index contributed by atoms with van der Waals surface area (Å²) in [6.45, 7) is 2.48. The number of rotatable bonds is 7. The molecule has 7 nitrogen and oxygen atoms in total. The fraction of sp³-hybridized carbons (Fsp3) is 0.222. The maximum Gasteiger partial charge on any atom is 0.255 e. The minimum atomic E-state index is -3.48. The molecule has 2 rings (SSSR count). The molecule has 27 heavy (non-hydrogen) atoms. The van der Waals surface area contributed by atoms with E-state index in [1.54, 1.807) is 24.3 Å². The Kier molecular flexibility index (Phi) is 6.81. The number of hydrogen-bond donors (Lipinski definition) is 3. The molecule has 0 saturated heterocycles. The molecule has 0 fully saturated rings. The quantitative estimate of drug-likeness (QED) is 0.653. The Morgan fingerprint density at radius 3 is 2.37 bits per heavy atom. The Labute approximate surface area is 163 Å². The van der Waals surface area contributed by atoms with Crippen LogP contribution in [0.5, 0.6) is 0 Å².